The molecule has 1 aliphatic heterocycles. The van der Waals surface area contributed by atoms with Crippen molar-refractivity contribution in [1.82, 2.24) is 4.90 Å². The zero-order valence-corrected chi connectivity index (χ0v) is 10.3. The van der Waals surface area contributed by atoms with Crippen LogP contribution in [0.2, 0.25) is 0 Å². The van der Waals surface area contributed by atoms with Gasteiger partial charge in [-0.3, -0.25) is 4.99 Å². The number of nitrogens with two attached hydrogens (primary N) is 1. The number of hydrogen-bond acceptors (Lipinski definition) is 5. The third-order valence-corrected chi connectivity index (χ3v) is 3.55. The van der Waals surface area contributed by atoms with Gasteiger partial charge in [-0.25, -0.2) is 0 Å². The van der Waals surface area contributed by atoms with Gasteiger partial charge in [-0.05, 0) is 30.5 Å². The Morgan fingerprint density at radius 3 is 2.83 bits per heavy atom. The maximum absolute atomic E-state index is 9.85. The molecule has 1 atom stereocenters. The Morgan fingerprint density at radius 1 is 1.44 bits per heavy atom. The van der Waals surface area contributed by atoms with Gasteiger partial charge in [0.05, 0.1) is 19.7 Å². The quantitative estimate of drug-likeness (QED) is 0.843. The van der Waals surface area contributed by atoms with Gasteiger partial charge in [-0.15, -0.1) is 0 Å². The lowest BCUT2D eigenvalue weighted by Crippen LogP contribution is -2.37. The summed E-state index contributed by atoms with van der Waals surface area (Å²) in [6, 6.07) is 6.16. The van der Waals surface area contributed by atoms with E-state index in [2.05, 4.69) is 9.89 Å². The summed E-state index contributed by atoms with van der Waals surface area (Å²) >= 11 is 0. The zero-order valence-electron chi connectivity index (χ0n) is 10.3. The molecule has 5 heteroatoms. The van der Waals surface area contributed by atoms with E-state index in [-0.39, 0.29) is 11.8 Å². The monoisotopic (exact) mass is 247 g/mol. The van der Waals surface area contributed by atoms with Crippen LogP contribution in [0.3, 0.4) is 0 Å². The van der Waals surface area contributed by atoms with Gasteiger partial charge in [0.15, 0.2) is 17.5 Å². The average Bonchev–Trinajstić information content (AvgIpc) is 3.12. The number of nitrogens with zero attached hydrogens (tertiary/aromatic N) is 2. The highest BCUT2D eigenvalue weighted by Gasteiger charge is 2.39. The summed E-state index contributed by atoms with van der Waals surface area (Å²) in [6.07, 6.45) is 2.35. The van der Waals surface area contributed by atoms with Crippen LogP contribution in [0, 0.1) is 0 Å². The first kappa shape index (κ1) is 11.2. The van der Waals surface area contributed by atoms with E-state index in [1.807, 2.05) is 6.07 Å². The molecule has 0 spiro atoms. The predicted molar refractivity (Wildman–Crippen MR) is 68.8 cm³/mol. The van der Waals surface area contributed by atoms with Gasteiger partial charge in [0, 0.05) is 6.04 Å². The van der Waals surface area contributed by atoms with Crippen molar-refractivity contribution in [3.05, 3.63) is 23.8 Å². The van der Waals surface area contributed by atoms with Crippen molar-refractivity contribution in [3.8, 4) is 11.5 Å². The third-order valence-electron chi connectivity index (χ3n) is 3.55. The van der Waals surface area contributed by atoms with Gasteiger partial charge in [-0.1, -0.05) is 6.07 Å². The third kappa shape index (κ3) is 1.75. The molecule has 0 radical (unpaired) electrons. The standard InChI is InChI=1S/C13H17N3O2/c1-18-12-5-2-8(6-11(12)17)10-7-15-13(14)16(10)9-3-4-9/h2,5-6,9-10,17H,3-4,7H2,1H3,(H2,14,15). The molecular weight excluding hydrogens is 230 g/mol. The van der Waals surface area contributed by atoms with Crippen LogP contribution >= 0.6 is 0 Å². The van der Waals surface area contributed by atoms with Crippen molar-refractivity contribution in [1.29, 1.82) is 0 Å². The minimum atomic E-state index is 0.148. The van der Waals surface area contributed by atoms with Crippen molar-refractivity contribution in [2.45, 2.75) is 24.9 Å². The Morgan fingerprint density at radius 2 is 2.22 bits per heavy atom. The minimum Gasteiger partial charge on any atom is -0.504 e. The number of benzene rings is 1. The van der Waals surface area contributed by atoms with E-state index in [0.717, 1.165) is 5.56 Å². The van der Waals surface area contributed by atoms with Crippen molar-refractivity contribution < 1.29 is 9.84 Å². The number of methoxy groups -OCH3 is 1. The fourth-order valence-electron chi connectivity index (χ4n) is 2.48. The topological polar surface area (TPSA) is 71.1 Å². The van der Waals surface area contributed by atoms with E-state index in [1.54, 1.807) is 19.2 Å². The first-order valence-electron chi connectivity index (χ1n) is 6.16. The summed E-state index contributed by atoms with van der Waals surface area (Å²) in [5, 5.41) is 9.85. The van der Waals surface area contributed by atoms with Gasteiger partial charge >= 0.3 is 0 Å². The molecule has 18 heavy (non-hydrogen) atoms. The summed E-state index contributed by atoms with van der Waals surface area (Å²) in [6.45, 7) is 0.661. The number of phenols is 1. The Balaban J connectivity index is 1.88. The highest BCUT2D eigenvalue weighted by atomic mass is 16.5. The lowest BCUT2D eigenvalue weighted by Gasteiger charge is -2.26. The molecule has 1 saturated carbocycles. The van der Waals surface area contributed by atoms with E-state index < -0.39 is 0 Å². The average molecular weight is 247 g/mol. The largest absolute Gasteiger partial charge is 0.504 e. The lowest BCUT2D eigenvalue weighted by molar-refractivity contribution is 0.334. The van der Waals surface area contributed by atoms with Crippen molar-refractivity contribution in [2.24, 2.45) is 10.7 Å². The van der Waals surface area contributed by atoms with Crippen LogP contribution in [0.4, 0.5) is 0 Å². The zero-order chi connectivity index (χ0) is 12.7. The van der Waals surface area contributed by atoms with E-state index in [0.29, 0.717) is 24.3 Å². The van der Waals surface area contributed by atoms with Crippen LogP contribution in [0.15, 0.2) is 23.2 Å². The van der Waals surface area contributed by atoms with Crippen LogP contribution < -0.4 is 10.5 Å². The van der Waals surface area contributed by atoms with Crippen LogP contribution in [0.5, 0.6) is 11.5 Å². The van der Waals surface area contributed by atoms with Crippen LogP contribution in [0.25, 0.3) is 0 Å². The number of aromatic hydroxyl groups is 1. The molecule has 0 saturated heterocycles. The molecule has 1 aromatic carbocycles. The maximum atomic E-state index is 9.85. The Labute approximate surface area is 106 Å². The summed E-state index contributed by atoms with van der Waals surface area (Å²) in [7, 11) is 1.54. The van der Waals surface area contributed by atoms with Crippen LogP contribution in [0.1, 0.15) is 24.4 Å². The van der Waals surface area contributed by atoms with Crippen LogP contribution in [-0.2, 0) is 0 Å². The van der Waals surface area contributed by atoms with E-state index in [9.17, 15) is 5.11 Å². The van der Waals surface area contributed by atoms with Crippen molar-refractivity contribution >= 4 is 5.96 Å². The second kappa shape index (κ2) is 4.08. The molecule has 1 aromatic rings. The molecule has 96 valence electrons. The number of rotatable bonds is 3. The van der Waals surface area contributed by atoms with Crippen molar-refractivity contribution in [2.75, 3.05) is 13.7 Å². The molecule has 0 amide bonds. The molecule has 5 nitrogen and oxygen atoms in total. The molecule has 1 unspecified atom stereocenters. The molecule has 1 aliphatic carbocycles. The maximum Gasteiger partial charge on any atom is 0.192 e. The van der Waals surface area contributed by atoms with Crippen molar-refractivity contribution in [3.63, 3.8) is 0 Å². The fraction of sp³-hybridized carbons (Fsp3) is 0.462. The highest BCUT2D eigenvalue weighted by Crippen LogP contribution is 2.39. The van der Waals surface area contributed by atoms with Gasteiger partial charge < -0.3 is 20.5 Å². The van der Waals surface area contributed by atoms with Gasteiger partial charge in [0.1, 0.15) is 0 Å². The molecule has 3 N–H and O–H groups in total. The van der Waals surface area contributed by atoms with Gasteiger partial charge in [-0.2, -0.15) is 0 Å². The SMILES string of the molecule is COc1ccc(C2CN=C(N)N2C2CC2)cc1O. The Kier molecular flexibility index (Phi) is 2.54. The molecule has 2 aliphatic rings. The predicted octanol–water partition coefficient (Wildman–Crippen LogP) is 1.23. The first-order valence-corrected chi connectivity index (χ1v) is 6.16. The van der Waals surface area contributed by atoms with E-state index >= 15 is 0 Å². The fourth-order valence-corrected chi connectivity index (χ4v) is 2.48. The first-order chi connectivity index (χ1) is 8.70. The number of hydrogen-bond donors (Lipinski definition) is 2. The molecule has 0 bridgehead atoms. The summed E-state index contributed by atoms with van der Waals surface area (Å²) in [4.78, 5) is 6.48. The Bertz CT molecular complexity index is 497. The van der Waals surface area contributed by atoms with Crippen LogP contribution in [-0.4, -0.2) is 35.7 Å². The number of guanidine groups is 1. The van der Waals surface area contributed by atoms with Gasteiger partial charge in [0.25, 0.3) is 0 Å². The van der Waals surface area contributed by atoms with E-state index in [1.165, 1.54) is 12.8 Å². The molecular formula is C13H17N3O2. The lowest BCUT2D eigenvalue weighted by atomic mass is 10.1. The summed E-state index contributed by atoms with van der Waals surface area (Å²) in [5.74, 6) is 1.28. The minimum absolute atomic E-state index is 0.148. The number of aliphatic imine (C=N–C) groups is 1. The second-order valence-electron chi connectivity index (χ2n) is 4.78. The molecule has 1 heterocycles. The van der Waals surface area contributed by atoms with Gasteiger partial charge in [0.2, 0.25) is 0 Å². The molecule has 0 aromatic heterocycles. The molecule has 1 fully saturated rings. The number of phenolic OH excluding ortho intramolecular Hbond substituents is 1. The second-order valence-corrected chi connectivity index (χ2v) is 4.78. The summed E-state index contributed by atoms with van der Waals surface area (Å²) in [5.41, 5.74) is 6.96. The normalized spacial score (nSPS) is 23.1. The summed E-state index contributed by atoms with van der Waals surface area (Å²) < 4.78 is 5.05. The smallest absolute Gasteiger partial charge is 0.192 e. The van der Waals surface area contributed by atoms with E-state index in [4.69, 9.17) is 10.5 Å². The highest BCUT2D eigenvalue weighted by molar-refractivity contribution is 5.81. The molecule has 3 rings (SSSR count). The number of ether oxygens (including phenoxy) is 1. The Hall–Kier alpha value is -1.91.